The fourth-order valence-corrected chi connectivity index (χ4v) is 4.47. The summed E-state index contributed by atoms with van der Waals surface area (Å²) in [6, 6.07) is 0.110. The Bertz CT molecular complexity index is 333. The second-order valence-corrected chi connectivity index (χ2v) is 7.90. The van der Waals surface area contributed by atoms with E-state index < -0.39 is 0 Å². The highest BCUT2D eigenvalue weighted by Crippen LogP contribution is 2.34. The predicted molar refractivity (Wildman–Crippen MR) is 105 cm³/mol. The molecule has 2 aliphatic rings. The highest BCUT2D eigenvalue weighted by Gasteiger charge is 2.38. The molecule has 2 rings (SSSR count). The average Bonchev–Trinajstić information content (AvgIpc) is 2.52. The van der Waals surface area contributed by atoms with Crippen molar-refractivity contribution in [2.24, 2.45) is 5.73 Å². The van der Waals surface area contributed by atoms with Crippen LogP contribution < -0.4 is 11.1 Å². The van der Waals surface area contributed by atoms with E-state index in [0.717, 1.165) is 13.0 Å². The molecule has 1 saturated heterocycles. The summed E-state index contributed by atoms with van der Waals surface area (Å²) in [5, 5.41) is 3.20. The van der Waals surface area contributed by atoms with Crippen LogP contribution in [0.25, 0.3) is 0 Å². The van der Waals surface area contributed by atoms with E-state index in [4.69, 9.17) is 5.73 Å². The average molecular weight is 386 g/mol. The molecule has 1 atom stereocenters. The molecule has 4 nitrogen and oxygen atoms in total. The van der Waals surface area contributed by atoms with Crippen molar-refractivity contribution in [3.8, 4) is 0 Å². The first-order valence-corrected chi connectivity index (χ1v) is 9.63. The van der Waals surface area contributed by atoms with Gasteiger partial charge in [0.2, 0.25) is 5.91 Å². The lowest BCUT2D eigenvalue weighted by Gasteiger charge is -2.48. The van der Waals surface area contributed by atoms with Gasteiger partial charge in [-0.1, -0.05) is 19.3 Å². The molecule has 1 aliphatic carbocycles. The van der Waals surface area contributed by atoms with Crippen LogP contribution in [-0.4, -0.2) is 53.5 Å². The van der Waals surface area contributed by atoms with Gasteiger partial charge >= 0.3 is 0 Å². The van der Waals surface area contributed by atoms with Crippen molar-refractivity contribution in [3.63, 3.8) is 0 Å². The highest BCUT2D eigenvalue weighted by atomic mass is 35.5. The van der Waals surface area contributed by atoms with Gasteiger partial charge in [-0.3, -0.25) is 9.69 Å². The summed E-state index contributed by atoms with van der Waals surface area (Å²) in [6.45, 7) is 5.15. The lowest BCUT2D eigenvalue weighted by Crippen LogP contribution is -2.58. The molecular formula is C16H33Cl2N3OS. The molecule has 2 fully saturated rings. The molecule has 1 amide bonds. The molecule has 0 spiro atoms. The SMILES string of the molecule is CC(N)CCC(=O)NCC1(N2CCSCC2)CCCCC1.Cl.Cl. The second-order valence-electron chi connectivity index (χ2n) is 6.68. The minimum Gasteiger partial charge on any atom is -0.354 e. The van der Waals surface area contributed by atoms with Crippen molar-refractivity contribution >= 4 is 42.5 Å². The van der Waals surface area contributed by atoms with Crippen molar-refractivity contribution in [1.29, 1.82) is 0 Å². The smallest absolute Gasteiger partial charge is 0.220 e. The Morgan fingerprint density at radius 1 is 1.22 bits per heavy atom. The van der Waals surface area contributed by atoms with Gasteiger partial charge in [-0.25, -0.2) is 0 Å². The van der Waals surface area contributed by atoms with Gasteiger partial charge in [0.25, 0.3) is 0 Å². The second kappa shape index (κ2) is 11.8. The van der Waals surface area contributed by atoms with E-state index in [1.165, 1.54) is 56.7 Å². The molecule has 0 bridgehead atoms. The van der Waals surface area contributed by atoms with Crippen LogP contribution in [-0.2, 0) is 4.79 Å². The zero-order chi connectivity index (χ0) is 15.1. The quantitative estimate of drug-likeness (QED) is 0.737. The van der Waals surface area contributed by atoms with E-state index in [9.17, 15) is 4.79 Å². The maximum atomic E-state index is 12.0. The standard InChI is InChI=1S/C16H31N3OS.2ClH/c1-14(17)5-6-15(20)18-13-16(7-3-2-4-8-16)19-9-11-21-12-10-19;;/h14H,2-13,17H2,1H3,(H,18,20);2*1H. The van der Waals surface area contributed by atoms with Crippen molar-refractivity contribution < 1.29 is 4.79 Å². The Labute approximate surface area is 157 Å². The van der Waals surface area contributed by atoms with Crippen LogP contribution in [0.15, 0.2) is 0 Å². The minimum absolute atomic E-state index is 0. The zero-order valence-corrected chi connectivity index (χ0v) is 16.7. The van der Waals surface area contributed by atoms with Gasteiger partial charge in [-0.2, -0.15) is 11.8 Å². The molecule has 1 heterocycles. The van der Waals surface area contributed by atoms with E-state index in [1.54, 1.807) is 0 Å². The maximum Gasteiger partial charge on any atom is 0.220 e. The third kappa shape index (κ3) is 7.39. The molecule has 1 unspecified atom stereocenters. The molecule has 3 N–H and O–H groups in total. The third-order valence-electron chi connectivity index (χ3n) is 4.91. The molecule has 7 heteroatoms. The molecule has 1 aliphatic heterocycles. The van der Waals surface area contributed by atoms with Gasteiger partial charge in [0.15, 0.2) is 0 Å². The molecule has 0 aromatic carbocycles. The Morgan fingerprint density at radius 2 is 1.83 bits per heavy atom. The number of rotatable bonds is 6. The molecule has 0 radical (unpaired) electrons. The lowest BCUT2D eigenvalue weighted by molar-refractivity contribution is -0.122. The van der Waals surface area contributed by atoms with E-state index in [-0.39, 0.29) is 42.3 Å². The fraction of sp³-hybridized carbons (Fsp3) is 0.938. The van der Waals surface area contributed by atoms with Crippen molar-refractivity contribution in [1.82, 2.24) is 10.2 Å². The summed E-state index contributed by atoms with van der Waals surface area (Å²) < 4.78 is 0. The number of nitrogens with two attached hydrogens (primary N) is 1. The normalized spacial score (nSPS) is 22.3. The fourth-order valence-electron chi connectivity index (χ4n) is 3.56. The van der Waals surface area contributed by atoms with Crippen molar-refractivity contribution in [2.75, 3.05) is 31.1 Å². The summed E-state index contributed by atoms with van der Waals surface area (Å²) >= 11 is 2.05. The van der Waals surface area contributed by atoms with Crippen LogP contribution in [0.3, 0.4) is 0 Å². The number of hydrogen-bond donors (Lipinski definition) is 2. The summed E-state index contributed by atoms with van der Waals surface area (Å²) in [7, 11) is 0. The van der Waals surface area contributed by atoms with Crippen LogP contribution in [0, 0.1) is 0 Å². The number of amides is 1. The molecule has 0 aromatic heterocycles. The topological polar surface area (TPSA) is 58.4 Å². The van der Waals surface area contributed by atoms with Crippen molar-refractivity contribution in [3.05, 3.63) is 0 Å². The van der Waals surface area contributed by atoms with Crippen LogP contribution in [0.4, 0.5) is 0 Å². The van der Waals surface area contributed by atoms with E-state index >= 15 is 0 Å². The molecule has 138 valence electrons. The Kier molecular flexibility index (Phi) is 12.0. The van der Waals surface area contributed by atoms with Gasteiger partial charge in [-0.05, 0) is 26.2 Å². The number of thioether (sulfide) groups is 1. The first-order valence-electron chi connectivity index (χ1n) is 8.47. The van der Waals surface area contributed by atoms with Gasteiger partial charge in [0, 0.05) is 49.1 Å². The summed E-state index contributed by atoms with van der Waals surface area (Å²) in [5.74, 6) is 2.64. The van der Waals surface area contributed by atoms with Gasteiger partial charge in [-0.15, -0.1) is 24.8 Å². The largest absolute Gasteiger partial charge is 0.354 e. The van der Waals surface area contributed by atoms with Crippen LogP contribution in [0.5, 0.6) is 0 Å². The predicted octanol–water partition coefficient (Wildman–Crippen LogP) is 2.83. The Balaban J connectivity index is 0.00000242. The lowest BCUT2D eigenvalue weighted by atomic mass is 9.80. The van der Waals surface area contributed by atoms with Gasteiger partial charge in [0.05, 0.1) is 0 Å². The number of nitrogens with one attached hydrogen (secondary N) is 1. The van der Waals surface area contributed by atoms with Crippen LogP contribution in [0.1, 0.15) is 51.9 Å². The molecule has 1 saturated carbocycles. The summed E-state index contributed by atoms with van der Waals surface area (Å²) in [5.41, 5.74) is 5.96. The van der Waals surface area contributed by atoms with E-state index in [0.29, 0.717) is 6.42 Å². The molecule has 0 aromatic rings. The highest BCUT2D eigenvalue weighted by molar-refractivity contribution is 7.99. The molecular weight excluding hydrogens is 353 g/mol. The van der Waals surface area contributed by atoms with E-state index in [2.05, 4.69) is 22.0 Å². The minimum atomic E-state index is 0. The zero-order valence-electron chi connectivity index (χ0n) is 14.2. The first-order chi connectivity index (χ1) is 10.1. The first kappa shape index (κ1) is 23.3. The molecule has 23 heavy (non-hydrogen) atoms. The van der Waals surface area contributed by atoms with Crippen LogP contribution >= 0.6 is 36.6 Å². The number of hydrogen-bond acceptors (Lipinski definition) is 4. The Hall–Kier alpha value is 0.320. The van der Waals surface area contributed by atoms with Gasteiger partial charge in [0.1, 0.15) is 0 Å². The van der Waals surface area contributed by atoms with E-state index in [1.807, 2.05) is 6.92 Å². The number of carbonyl (C=O) groups excluding carboxylic acids is 1. The Morgan fingerprint density at radius 3 is 2.39 bits per heavy atom. The third-order valence-corrected chi connectivity index (χ3v) is 5.85. The summed E-state index contributed by atoms with van der Waals surface area (Å²) in [4.78, 5) is 14.7. The summed E-state index contributed by atoms with van der Waals surface area (Å²) in [6.07, 6.45) is 7.78. The maximum absolute atomic E-state index is 12.0. The number of halogens is 2. The monoisotopic (exact) mass is 385 g/mol. The van der Waals surface area contributed by atoms with Crippen molar-refractivity contribution in [2.45, 2.75) is 63.5 Å². The number of nitrogens with zero attached hydrogens (tertiary/aromatic N) is 1. The number of carbonyl (C=O) groups is 1. The van der Waals surface area contributed by atoms with Crippen LogP contribution in [0.2, 0.25) is 0 Å². The van der Waals surface area contributed by atoms with Gasteiger partial charge < -0.3 is 11.1 Å².